The third-order valence-corrected chi connectivity index (χ3v) is 2.22. The summed E-state index contributed by atoms with van der Waals surface area (Å²) < 4.78 is 5.59. The molecule has 4 heteroatoms. The molecule has 80 valence electrons. The Kier molecular flexibility index (Phi) is 4.41. The van der Waals surface area contributed by atoms with Crippen molar-refractivity contribution in [3.05, 3.63) is 28.8 Å². The quantitative estimate of drug-likeness (QED) is 0.853. The van der Waals surface area contributed by atoms with E-state index in [4.69, 9.17) is 21.6 Å². The Morgan fingerprint density at radius 1 is 1.60 bits per heavy atom. The third kappa shape index (κ3) is 3.12. The maximum Gasteiger partial charge on any atom is 0.139 e. The molecule has 1 aromatic rings. The van der Waals surface area contributed by atoms with Gasteiger partial charge in [-0.1, -0.05) is 17.7 Å². The van der Waals surface area contributed by atoms with Gasteiger partial charge in [-0.2, -0.15) is 5.26 Å². The SMILES string of the molecule is CNCC(C)Oc1cccc(Cl)c1C#N. The molecule has 0 saturated heterocycles. The van der Waals surface area contributed by atoms with Gasteiger partial charge in [0.25, 0.3) is 0 Å². The van der Waals surface area contributed by atoms with E-state index in [0.717, 1.165) is 6.54 Å². The molecule has 0 spiro atoms. The first-order chi connectivity index (χ1) is 7.19. The number of benzene rings is 1. The van der Waals surface area contributed by atoms with Crippen LogP contribution in [0.2, 0.25) is 5.02 Å². The number of rotatable bonds is 4. The molecule has 3 nitrogen and oxygen atoms in total. The van der Waals surface area contributed by atoms with E-state index in [1.54, 1.807) is 18.2 Å². The molecule has 0 aliphatic heterocycles. The van der Waals surface area contributed by atoms with Crippen LogP contribution in [0.1, 0.15) is 12.5 Å². The number of hydrogen-bond acceptors (Lipinski definition) is 3. The average molecular weight is 225 g/mol. The van der Waals surface area contributed by atoms with E-state index in [2.05, 4.69) is 5.32 Å². The predicted octanol–water partition coefficient (Wildman–Crippen LogP) is 2.20. The number of likely N-dealkylation sites (N-methyl/N-ethyl adjacent to an activating group) is 1. The van der Waals surface area contributed by atoms with Gasteiger partial charge in [0.15, 0.2) is 0 Å². The van der Waals surface area contributed by atoms with Gasteiger partial charge < -0.3 is 10.1 Å². The Labute approximate surface area is 94.6 Å². The van der Waals surface area contributed by atoms with Crippen molar-refractivity contribution in [3.8, 4) is 11.8 Å². The van der Waals surface area contributed by atoms with Crippen LogP contribution < -0.4 is 10.1 Å². The minimum Gasteiger partial charge on any atom is -0.488 e. The first-order valence-corrected chi connectivity index (χ1v) is 5.06. The largest absolute Gasteiger partial charge is 0.488 e. The monoisotopic (exact) mass is 224 g/mol. The van der Waals surface area contributed by atoms with E-state index in [0.29, 0.717) is 16.3 Å². The van der Waals surface area contributed by atoms with Crippen molar-refractivity contribution in [1.29, 1.82) is 5.26 Å². The average Bonchev–Trinajstić information content (AvgIpc) is 2.18. The Morgan fingerprint density at radius 3 is 2.93 bits per heavy atom. The first kappa shape index (κ1) is 11.8. The van der Waals surface area contributed by atoms with Crippen molar-refractivity contribution in [2.75, 3.05) is 13.6 Å². The summed E-state index contributed by atoms with van der Waals surface area (Å²) in [7, 11) is 1.85. The molecule has 0 aliphatic rings. The van der Waals surface area contributed by atoms with Crippen LogP contribution in [0.4, 0.5) is 0 Å². The lowest BCUT2D eigenvalue weighted by Gasteiger charge is -2.15. The summed E-state index contributed by atoms with van der Waals surface area (Å²) in [5.74, 6) is 0.535. The lowest BCUT2D eigenvalue weighted by atomic mass is 10.2. The second-order valence-corrected chi connectivity index (χ2v) is 3.62. The number of nitrogens with zero attached hydrogens (tertiary/aromatic N) is 1. The Bertz CT molecular complexity index is 373. The Hall–Kier alpha value is -1.24. The highest BCUT2D eigenvalue weighted by molar-refractivity contribution is 6.31. The van der Waals surface area contributed by atoms with Crippen LogP contribution in [0.25, 0.3) is 0 Å². The summed E-state index contributed by atoms with van der Waals surface area (Å²) in [6, 6.07) is 7.23. The van der Waals surface area contributed by atoms with Crippen LogP contribution in [-0.2, 0) is 0 Å². The molecule has 1 unspecified atom stereocenters. The van der Waals surface area contributed by atoms with Crippen LogP contribution >= 0.6 is 11.6 Å². The van der Waals surface area contributed by atoms with Crippen molar-refractivity contribution < 1.29 is 4.74 Å². The summed E-state index contributed by atoms with van der Waals surface area (Å²) in [4.78, 5) is 0. The fraction of sp³-hybridized carbons (Fsp3) is 0.364. The van der Waals surface area contributed by atoms with Crippen molar-refractivity contribution in [1.82, 2.24) is 5.32 Å². The second kappa shape index (κ2) is 5.59. The van der Waals surface area contributed by atoms with E-state index in [1.165, 1.54) is 0 Å². The molecular formula is C11H13ClN2O. The highest BCUT2D eigenvalue weighted by Crippen LogP contribution is 2.25. The summed E-state index contributed by atoms with van der Waals surface area (Å²) in [6.45, 7) is 2.65. The topological polar surface area (TPSA) is 45.0 Å². The van der Waals surface area contributed by atoms with Crippen LogP contribution in [0.3, 0.4) is 0 Å². The van der Waals surface area contributed by atoms with Gasteiger partial charge in [0.2, 0.25) is 0 Å². The summed E-state index contributed by atoms with van der Waals surface area (Å²) in [5.41, 5.74) is 0.391. The number of nitriles is 1. The molecule has 0 saturated carbocycles. The fourth-order valence-electron chi connectivity index (χ4n) is 1.26. The summed E-state index contributed by atoms with van der Waals surface area (Å²) in [5, 5.41) is 12.3. The number of nitrogens with one attached hydrogen (secondary N) is 1. The predicted molar refractivity (Wildman–Crippen MR) is 60.2 cm³/mol. The first-order valence-electron chi connectivity index (χ1n) is 4.69. The Morgan fingerprint density at radius 2 is 2.33 bits per heavy atom. The van der Waals surface area contributed by atoms with Gasteiger partial charge in [-0.05, 0) is 26.1 Å². The molecule has 1 N–H and O–H groups in total. The molecule has 1 atom stereocenters. The van der Waals surface area contributed by atoms with Crippen LogP contribution in [0.5, 0.6) is 5.75 Å². The van der Waals surface area contributed by atoms with Crippen molar-refractivity contribution in [2.24, 2.45) is 0 Å². The van der Waals surface area contributed by atoms with Crippen LogP contribution in [0, 0.1) is 11.3 Å². The van der Waals surface area contributed by atoms with Crippen LogP contribution in [-0.4, -0.2) is 19.7 Å². The standard InChI is InChI=1S/C11H13ClN2O/c1-8(7-14-2)15-11-5-3-4-10(12)9(11)6-13/h3-5,8,14H,7H2,1-2H3. The van der Waals surface area contributed by atoms with E-state index in [9.17, 15) is 0 Å². The highest BCUT2D eigenvalue weighted by Gasteiger charge is 2.10. The molecule has 0 amide bonds. The zero-order chi connectivity index (χ0) is 11.3. The van der Waals surface area contributed by atoms with Gasteiger partial charge in [-0.25, -0.2) is 0 Å². The van der Waals surface area contributed by atoms with Crippen molar-refractivity contribution in [3.63, 3.8) is 0 Å². The molecule has 0 heterocycles. The smallest absolute Gasteiger partial charge is 0.139 e. The molecule has 0 radical (unpaired) electrons. The van der Waals surface area contributed by atoms with E-state index >= 15 is 0 Å². The number of ether oxygens (including phenoxy) is 1. The van der Waals surface area contributed by atoms with Gasteiger partial charge in [-0.3, -0.25) is 0 Å². The lowest BCUT2D eigenvalue weighted by molar-refractivity contribution is 0.220. The normalized spacial score (nSPS) is 11.9. The molecule has 1 rings (SSSR count). The van der Waals surface area contributed by atoms with Gasteiger partial charge in [0.05, 0.1) is 5.02 Å². The lowest BCUT2D eigenvalue weighted by Crippen LogP contribution is -2.26. The summed E-state index contributed by atoms with van der Waals surface area (Å²) >= 11 is 5.87. The summed E-state index contributed by atoms with van der Waals surface area (Å²) in [6.07, 6.45) is 0.000525. The highest BCUT2D eigenvalue weighted by atomic mass is 35.5. The minimum atomic E-state index is 0.000525. The van der Waals surface area contributed by atoms with E-state index in [1.807, 2.05) is 20.0 Å². The number of halogens is 1. The molecule has 0 aliphatic carbocycles. The van der Waals surface area contributed by atoms with Gasteiger partial charge in [0, 0.05) is 6.54 Å². The van der Waals surface area contributed by atoms with Gasteiger partial charge in [0.1, 0.15) is 23.5 Å². The maximum absolute atomic E-state index is 8.91. The molecule has 0 fully saturated rings. The molecule has 15 heavy (non-hydrogen) atoms. The maximum atomic E-state index is 8.91. The second-order valence-electron chi connectivity index (χ2n) is 3.21. The van der Waals surface area contributed by atoms with E-state index in [-0.39, 0.29) is 6.10 Å². The molecule has 0 aromatic heterocycles. The van der Waals surface area contributed by atoms with Crippen LogP contribution in [0.15, 0.2) is 18.2 Å². The van der Waals surface area contributed by atoms with Gasteiger partial charge in [-0.15, -0.1) is 0 Å². The third-order valence-electron chi connectivity index (χ3n) is 1.91. The number of hydrogen-bond donors (Lipinski definition) is 1. The van der Waals surface area contributed by atoms with Crippen molar-refractivity contribution >= 4 is 11.6 Å². The Balaban J connectivity index is 2.86. The van der Waals surface area contributed by atoms with Gasteiger partial charge >= 0.3 is 0 Å². The van der Waals surface area contributed by atoms with E-state index < -0.39 is 0 Å². The molecule has 1 aromatic carbocycles. The fourth-order valence-corrected chi connectivity index (χ4v) is 1.47. The van der Waals surface area contributed by atoms with Crippen molar-refractivity contribution in [2.45, 2.75) is 13.0 Å². The molecular weight excluding hydrogens is 212 g/mol. The zero-order valence-corrected chi connectivity index (χ0v) is 9.51. The minimum absolute atomic E-state index is 0.000525. The molecule has 0 bridgehead atoms. The zero-order valence-electron chi connectivity index (χ0n) is 8.75.